The van der Waals surface area contributed by atoms with E-state index in [2.05, 4.69) is 37.2 Å². The van der Waals surface area contributed by atoms with Gasteiger partial charge in [0.2, 0.25) is 0 Å². The Morgan fingerprint density at radius 3 is 2.83 bits per heavy atom. The molecule has 2 aliphatic heterocycles. The fraction of sp³-hybridized carbons (Fsp3) is 0.632. The minimum atomic E-state index is -2.83. The molecule has 2 unspecified atom stereocenters. The molecular weight excluding hydrogens is 495 g/mol. The molecule has 2 aliphatic rings. The van der Waals surface area contributed by atoms with E-state index in [1.54, 1.807) is 19.2 Å². The van der Waals surface area contributed by atoms with Gasteiger partial charge in [-0.15, -0.1) is 24.0 Å². The molecule has 29 heavy (non-hydrogen) atoms. The lowest BCUT2D eigenvalue weighted by Crippen LogP contribution is -2.50. The van der Waals surface area contributed by atoms with E-state index in [0.29, 0.717) is 18.8 Å². The number of morpholine rings is 1. The Labute approximate surface area is 187 Å². The van der Waals surface area contributed by atoms with Crippen molar-refractivity contribution in [1.82, 2.24) is 15.5 Å². The van der Waals surface area contributed by atoms with Gasteiger partial charge < -0.3 is 29.9 Å². The van der Waals surface area contributed by atoms with Crippen molar-refractivity contribution in [3.63, 3.8) is 0 Å². The first-order valence-electron chi connectivity index (χ1n) is 9.61. The van der Waals surface area contributed by atoms with Crippen molar-refractivity contribution >= 4 is 35.6 Å². The lowest BCUT2D eigenvalue weighted by molar-refractivity contribution is -0.0495. The van der Waals surface area contributed by atoms with Crippen molar-refractivity contribution in [3.8, 4) is 5.75 Å². The van der Waals surface area contributed by atoms with Gasteiger partial charge in [-0.05, 0) is 25.6 Å². The normalized spacial score (nSPS) is 23.1. The number of halogens is 3. The summed E-state index contributed by atoms with van der Waals surface area (Å²) in [6.45, 7) is 1.89. The summed E-state index contributed by atoms with van der Waals surface area (Å²) < 4.78 is 35.7. The molecule has 2 N–H and O–H groups in total. The van der Waals surface area contributed by atoms with Crippen LogP contribution in [0.4, 0.5) is 14.5 Å². The smallest absolute Gasteiger partial charge is 0.387 e. The summed E-state index contributed by atoms with van der Waals surface area (Å²) in [4.78, 5) is 8.60. The number of hydrogen-bond donors (Lipinski definition) is 2. The van der Waals surface area contributed by atoms with Crippen LogP contribution in [0.2, 0.25) is 0 Å². The highest BCUT2D eigenvalue weighted by Gasteiger charge is 2.26. The second-order valence-electron chi connectivity index (χ2n) is 7.13. The van der Waals surface area contributed by atoms with Crippen molar-refractivity contribution < 1.29 is 18.3 Å². The molecule has 2 fully saturated rings. The van der Waals surface area contributed by atoms with Gasteiger partial charge in [0.1, 0.15) is 5.75 Å². The Hall–Kier alpha value is -1.40. The van der Waals surface area contributed by atoms with Crippen molar-refractivity contribution in [2.45, 2.75) is 25.2 Å². The fourth-order valence-corrected chi connectivity index (χ4v) is 3.60. The summed E-state index contributed by atoms with van der Waals surface area (Å²) >= 11 is 0. The number of nitrogens with zero attached hydrogens (tertiary/aromatic N) is 3. The molecule has 1 aromatic carbocycles. The topological polar surface area (TPSA) is 61.4 Å². The predicted molar refractivity (Wildman–Crippen MR) is 121 cm³/mol. The average molecular weight is 525 g/mol. The van der Waals surface area contributed by atoms with Gasteiger partial charge >= 0.3 is 6.61 Å². The van der Waals surface area contributed by atoms with Crippen LogP contribution >= 0.6 is 24.0 Å². The van der Waals surface area contributed by atoms with E-state index in [4.69, 9.17) is 4.74 Å². The van der Waals surface area contributed by atoms with E-state index < -0.39 is 6.61 Å². The van der Waals surface area contributed by atoms with Crippen LogP contribution in [-0.4, -0.2) is 83.0 Å². The van der Waals surface area contributed by atoms with Gasteiger partial charge in [0.25, 0.3) is 0 Å². The van der Waals surface area contributed by atoms with Crippen molar-refractivity contribution in [1.29, 1.82) is 0 Å². The van der Waals surface area contributed by atoms with Crippen LogP contribution in [0.15, 0.2) is 29.3 Å². The molecule has 3 rings (SSSR count). The zero-order valence-corrected chi connectivity index (χ0v) is 19.1. The van der Waals surface area contributed by atoms with Gasteiger partial charge in [0.15, 0.2) is 5.96 Å². The van der Waals surface area contributed by atoms with E-state index in [1.807, 2.05) is 12.1 Å². The Balaban J connectivity index is 0.00000300. The van der Waals surface area contributed by atoms with E-state index in [0.717, 1.165) is 38.6 Å². The highest BCUT2D eigenvalue weighted by Crippen LogP contribution is 2.31. The lowest BCUT2D eigenvalue weighted by atomic mass is 10.2. The number of likely N-dealkylation sites (N-methyl/N-ethyl adjacent to an activating group) is 1. The summed E-state index contributed by atoms with van der Waals surface area (Å²) in [7, 11) is 3.83. The number of guanidine groups is 1. The van der Waals surface area contributed by atoms with E-state index in [-0.39, 0.29) is 41.9 Å². The molecule has 164 valence electrons. The summed E-state index contributed by atoms with van der Waals surface area (Å²) in [6.07, 6.45) is 1.02. The maximum absolute atomic E-state index is 12.7. The molecule has 0 bridgehead atoms. The molecular formula is C19H30F2IN5O2. The maximum atomic E-state index is 12.7. The number of benzene rings is 1. The lowest BCUT2D eigenvalue weighted by Gasteiger charge is -2.30. The van der Waals surface area contributed by atoms with Crippen LogP contribution in [0.3, 0.4) is 0 Å². The van der Waals surface area contributed by atoms with Crippen LogP contribution < -0.4 is 20.3 Å². The number of ether oxygens (including phenoxy) is 2. The van der Waals surface area contributed by atoms with Crippen LogP contribution in [0.25, 0.3) is 0 Å². The largest absolute Gasteiger partial charge is 0.433 e. The second-order valence-corrected chi connectivity index (χ2v) is 7.13. The second kappa shape index (κ2) is 11.7. The molecule has 10 heteroatoms. The summed E-state index contributed by atoms with van der Waals surface area (Å²) in [6, 6.07) is 7.08. The number of aliphatic imine (C=N–C) groups is 1. The molecule has 0 aliphatic carbocycles. The zero-order chi connectivity index (χ0) is 19.9. The van der Waals surface area contributed by atoms with Crippen molar-refractivity contribution in [2.75, 3.05) is 58.3 Å². The van der Waals surface area contributed by atoms with Crippen molar-refractivity contribution in [3.05, 3.63) is 24.3 Å². The number of anilines is 1. The Bertz CT molecular complexity index is 667. The summed E-state index contributed by atoms with van der Waals surface area (Å²) in [5, 5.41) is 6.74. The molecule has 0 aromatic heterocycles. The molecule has 0 radical (unpaired) electrons. The van der Waals surface area contributed by atoms with E-state index in [9.17, 15) is 8.78 Å². The van der Waals surface area contributed by atoms with Crippen LogP contribution in [0.5, 0.6) is 5.75 Å². The summed E-state index contributed by atoms with van der Waals surface area (Å²) in [5.41, 5.74) is 0.689. The van der Waals surface area contributed by atoms with Crippen LogP contribution in [0.1, 0.15) is 6.42 Å². The van der Waals surface area contributed by atoms with E-state index >= 15 is 0 Å². The molecule has 0 spiro atoms. The Morgan fingerprint density at radius 2 is 2.10 bits per heavy atom. The Morgan fingerprint density at radius 1 is 1.31 bits per heavy atom. The first-order valence-corrected chi connectivity index (χ1v) is 9.61. The molecule has 2 saturated heterocycles. The predicted octanol–water partition coefficient (Wildman–Crippen LogP) is 1.98. The van der Waals surface area contributed by atoms with Gasteiger partial charge in [0, 0.05) is 45.8 Å². The first kappa shape index (κ1) is 23.9. The minimum Gasteiger partial charge on any atom is -0.433 e. The van der Waals surface area contributed by atoms with Gasteiger partial charge in [0.05, 0.1) is 18.4 Å². The number of rotatable bonds is 6. The summed E-state index contributed by atoms with van der Waals surface area (Å²) in [5.74, 6) is 0.931. The Kier molecular flexibility index (Phi) is 9.63. The monoisotopic (exact) mass is 525 g/mol. The quantitative estimate of drug-likeness (QED) is 0.337. The maximum Gasteiger partial charge on any atom is 0.387 e. The molecule has 0 saturated carbocycles. The van der Waals surface area contributed by atoms with Gasteiger partial charge in [-0.2, -0.15) is 8.78 Å². The SMILES string of the molecule is CN=C(NCC1CN(C)CCO1)NC1CCN(c2ccccc2OC(F)F)C1.I. The zero-order valence-electron chi connectivity index (χ0n) is 16.8. The highest BCUT2D eigenvalue weighted by atomic mass is 127. The van der Waals surface area contributed by atoms with Crippen molar-refractivity contribution in [2.24, 2.45) is 4.99 Å². The third-order valence-corrected chi connectivity index (χ3v) is 5.01. The van der Waals surface area contributed by atoms with Gasteiger partial charge in [-0.3, -0.25) is 4.99 Å². The fourth-order valence-electron chi connectivity index (χ4n) is 3.60. The molecule has 2 heterocycles. The van der Waals surface area contributed by atoms with Gasteiger partial charge in [-0.1, -0.05) is 12.1 Å². The molecule has 1 aromatic rings. The van der Waals surface area contributed by atoms with Crippen LogP contribution in [0, 0.1) is 0 Å². The minimum absolute atomic E-state index is 0. The number of nitrogens with one attached hydrogen (secondary N) is 2. The third kappa shape index (κ3) is 7.10. The molecule has 7 nitrogen and oxygen atoms in total. The standard InChI is InChI=1S/C19H29F2N5O2.HI/c1-22-19(23-11-15-13-25(2)9-10-27-15)24-14-7-8-26(12-14)16-5-3-4-6-17(16)28-18(20)21;/h3-6,14-15,18H,7-13H2,1-2H3,(H2,22,23,24);1H. The highest BCUT2D eigenvalue weighted by molar-refractivity contribution is 14.0. The first-order chi connectivity index (χ1) is 13.5. The van der Waals surface area contributed by atoms with Crippen LogP contribution in [-0.2, 0) is 4.74 Å². The van der Waals surface area contributed by atoms with Gasteiger partial charge in [-0.25, -0.2) is 0 Å². The number of para-hydroxylation sites is 2. The molecule has 0 amide bonds. The number of alkyl halides is 2. The average Bonchev–Trinajstić information content (AvgIpc) is 3.13. The van der Waals surface area contributed by atoms with E-state index in [1.165, 1.54) is 0 Å². The number of hydrogen-bond acceptors (Lipinski definition) is 5. The third-order valence-electron chi connectivity index (χ3n) is 5.01. The molecule has 2 atom stereocenters.